The lowest BCUT2D eigenvalue weighted by molar-refractivity contribution is 0.100. The van der Waals surface area contributed by atoms with Crippen LogP contribution in [0.1, 0.15) is 10.4 Å². The summed E-state index contributed by atoms with van der Waals surface area (Å²) in [6.07, 6.45) is 1.56. The highest BCUT2D eigenvalue weighted by molar-refractivity contribution is 5.97. The van der Waals surface area contributed by atoms with E-state index < -0.39 is 5.91 Å². The van der Waals surface area contributed by atoms with E-state index >= 15 is 0 Å². The van der Waals surface area contributed by atoms with Gasteiger partial charge in [0, 0.05) is 38.4 Å². The molecule has 2 heterocycles. The number of carbonyl (C=O) groups is 1. The Hall–Kier alpha value is -1.62. The maximum absolute atomic E-state index is 11.2. The minimum atomic E-state index is -0.451. The molecule has 79 valence electrons. The normalized spacial score (nSPS) is 16.4. The highest BCUT2D eigenvalue weighted by Crippen LogP contribution is 2.16. The number of piperazine rings is 1. The average molecular weight is 205 g/mol. The average Bonchev–Trinajstić information content (AvgIpc) is 2.30. The van der Waals surface area contributed by atoms with Gasteiger partial charge in [0.15, 0.2) is 0 Å². The van der Waals surface area contributed by atoms with Crippen molar-refractivity contribution >= 4 is 11.7 Å². The van der Waals surface area contributed by atoms with Gasteiger partial charge in [0.25, 0.3) is 5.91 Å². The molecule has 1 fully saturated rings. The van der Waals surface area contributed by atoms with Crippen molar-refractivity contribution in [2.45, 2.75) is 0 Å². The van der Waals surface area contributed by atoms with Crippen molar-refractivity contribution in [3.8, 4) is 0 Å². The van der Waals surface area contributed by atoms with Crippen LogP contribution in [0.2, 0.25) is 0 Å². The molecular formula is C10H13N4O. The van der Waals surface area contributed by atoms with E-state index in [0.29, 0.717) is 11.4 Å². The van der Waals surface area contributed by atoms with E-state index in [4.69, 9.17) is 5.73 Å². The number of primary amides is 1. The maximum Gasteiger partial charge on any atom is 0.252 e. The van der Waals surface area contributed by atoms with Crippen LogP contribution in [0.4, 0.5) is 5.82 Å². The van der Waals surface area contributed by atoms with E-state index in [2.05, 4.69) is 21.3 Å². The van der Waals surface area contributed by atoms with Crippen LogP contribution in [-0.4, -0.2) is 37.1 Å². The van der Waals surface area contributed by atoms with Gasteiger partial charge in [-0.15, -0.1) is 0 Å². The van der Waals surface area contributed by atoms with Crippen molar-refractivity contribution in [3.63, 3.8) is 0 Å². The topological polar surface area (TPSA) is 71.2 Å². The standard InChI is InChI=1S/C10H13N4O/c11-9(15)8-2-1-3-13-10(8)14-6-4-12-5-7-14/h2-3,12H,4-7H2,(H2,11,15). The van der Waals surface area contributed by atoms with Gasteiger partial charge in [-0.3, -0.25) is 4.79 Å². The zero-order chi connectivity index (χ0) is 10.7. The van der Waals surface area contributed by atoms with Crippen molar-refractivity contribution in [1.82, 2.24) is 10.3 Å². The first kappa shape index (κ1) is 9.92. The molecule has 1 saturated heterocycles. The Bertz CT molecular complexity index is 360. The highest BCUT2D eigenvalue weighted by Gasteiger charge is 2.17. The van der Waals surface area contributed by atoms with Gasteiger partial charge in [-0.25, -0.2) is 4.98 Å². The van der Waals surface area contributed by atoms with Crippen LogP contribution < -0.4 is 16.0 Å². The first-order valence-corrected chi connectivity index (χ1v) is 4.90. The number of nitrogens with two attached hydrogens (primary N) is 1. The Labute approximate surface area is 88.3 Å². The van der Waals surface area contributed by atoms with E-state index in [1.807, 2.05) is 0 Å². The second-order valence-electron chi connectivity index (χ2n) is 3.41. The molecule has 1 aromatic heterocycles. The molecule has 0 aliphatic carbocycles. The number of carbonyl (C=O) groups excluding carboxylic acids is 1. The van der Waals surface area contributed by atoms with Crippen LogP contribution in [0, 0.1) is 6.07 Å². The van der Waals surface area contributed by atoms with Gasteiger partial charge in [0.2, 0.25) is 0 Å². The Morgan fingerprint density at radius 3 is 2.93 bits per heavy atom. The van der Waals surface area contributed by atoms with E-state index in [0.717, 1.165) is 26.2 Å². The second-order valence-corrected chi connectivity index (χ2v) is 3.41. The fourth-order valence-electron chi connectivity index (χ4n) is 1.66. The molecule has 0 bridgehead atoms. The summed E-state index contributed by atoms with van der Waals surface area (Å²) >= 11 is 0. The molecule has 2 rings (SSSR count). The van der Waals surface area contributed by atoms with E-state index in [9.17, 15) is 4.79 Å². The summed E-state index contributed by atoms with van der Waals surface area (Å²) in [4.78, 5) is 17.4. The molecule has 5 nitrogen and oxygen atoms in total. The van der Waals surface area contributed by atoms with Gasteiger partial charge in [0.1, 0.15) is 5.82 Å². The van der Waals surface area contributed by atoms with Crippen LogP contribution in [0.25, 0.3) is 0 Å². The minimum Gasteiger partial charge on any atom is -0.365 e. The van der Waals surface area contributed by atoms with Gasteiger partial charge in [-0.05, 0) is 6.07 Å². The van der Waals surface area contributed by atoms with Crippen LogP contribution in [0.5, 0.6) is 0 Å². The SMILES string of the molecule is NC(=O)c1c[c]cnc1N1CCNCC1. The maximum atomic E-state index is 11.2. The fourth-order valence-corrected chi connectivity index (χ4v) is 1.66. The number of anilines is 1. The molecule has 1 aliphatic heterocycles. The predicted octanol–water partition coefficient (Wildman–Crippen LogP) is -0.610. The Balaban J connectivity index is 2.29. The summed E-state index contributed by atoms with van der Waals surface area (Å²) in [5.74, 6) is 0.218. The Kier molecular flexibility index (Phi) is 2.82. The molecular weight excluding hydrogens is 192 g/mol. The number of amides is 1. The minimum absolute atomic E-state index is 0.444. The molecule has 0 unspecified atom stereocenters. The van der Waals surface area contributed by atoms with Crippen LogP contribution in [0.3, 0.4) is 0 Å². The predicted molar refractivity (Wildman–Crippen MR) is 56.7 cm³/mol. The number of hydrogen-bond acceptors (Lipinski definition) is 4. The summed E-state index contributed by atoms with van der Waals surface area (Å²) in [6.45, 7) is 3.49. The molecule has 1 aromatic rings. The number of rotatable bonds is 2. The third kappa shape index (κ3) is 2.07. The first-order chi connectivity index (χ1) is 7.29. The molecule has 15 heavy (non-hydrogen) atoms. The van der Waals surface area contributed by atoms with Gasteiger partial charge in [-0.1, -0.05) is 0 Å². The molecule has 1 aliphatic rings. The van der Waals surface area contributed by atoms with Crippen LogP contribution >= 0.6 is 0 Å². The molecule has 0 saturated carbocycles. The molecule has 0 spiro atoms. The lowest BCUT2D eigenvalue weighted by Crippen LogP contribution is -2.44. The van der Waals surface area contributed by atoms with Crippen LogP contribution in [-0.2, 0) is 0 Å². The smallest absolute Gasteiger partial charge is 0.252 e. The summed E-state index contributed by atoms with van der Waals surface area (Å²) < 4.78 is 0. The largest absolute Gasteiger partial charge is 0.365 e. The molecule has 5 heteroatoms. The lowest BCUT2D eigenvalue weighted by Gasteiger charge is -2.29. The number of aromatic nitrogens is 1. The van der Waals surface area contributed by atoms with Crippen molar-refractivity contribution in [3.05, 3.63) is 23.9 Å². The van der Waals surface area contributed by atoms with Gasteiger partial charge >= 0.3 is 0 Å². The summed E-state index contributed by atoms with van der Waals surface area (Å²) in [6, 6.07) is 4.36. The molecule has 1 amide bonds. The summed E-state index contributed by atoms with van der Waals surface area (Å²) in [5.41, 5.74) is 5.72. The zero-order valence-electron chi connectivity index (χ0n) is 8.36. The van der Waals surface area contributed by atoms with Crippen LogP contribution in [0.15, 0.2) is 12.3 Å². The van der Waals surface area contributed by atoms with Crippen molar-refractivity contribution in [2.75, 3.05) is 31.1 Å². The second kappa shape index (κ2) is 4.27. The summed E-state index contributed by atoms with van der Waals surface area (Å²) in [7, 11) is 0. The zero-order valence-corrected chi connectivity index (χ0v) is 8.36. The van der Waals surface area contributed by atoms with Crippen molar-refractivity contribution in [2.24, 2.45) is 5.73 Å². The van der Waals surface area contributed by atoms with E-state index in [1.165, 1.54) is 0 Å². The number of nitrogens with zero attached hydrogens (tertiary/aromatic N) is 2. The monoisotopic (exact) mass is 205 g/mol. The molecule has 0 atom stereocenters. The number of pyridine rings is 1. The van der Waals surface area contributed by atoms with Gasteiger partial charge in [-0.2, -0.15) is 0 Å². The molecule has 3 N–H and O–H groups in total. The molecule has 1 radical (unpaired) electrons. The van der Waals surface area contributed by atoms with Gasteiger partial charge < -0.3 is 16.0 Å². The fraction of sp³-hybridized carbons (Fsp3) is 0.400. The number of nitrogens with one attached hydrogen (secondary N) is 1. The van der Waals surface area contributed by atoms with Crippen molar-refractivity contribution in [1.29, 1.82) is 0 Å². The summed E-state index contributed by atoms with van der Waals surface area (Å²) in [5, 5.41) is 3.24. The highest BCUT2D eigenvalue weighted by atomic mass is 16.1. The van der Waals surface area contributed by atoms with Gasteiger partial charge in [0.05, 0.1) is 5.56 Å². The Morgan fingerprint density at radius 1 is 1.53 bits per heavy atom. The lowest BCUT2D eigenvalue weighted by atomic mass is 10.2. The van der Waals surface area contributed by atoms with Crippen molar-refractivity contribution < 1.29 is 4.79 Å². The Morgan fingerprint density at radius 2 is 2.27 bits per heavy atom. The third-order valence-electron chi connectivity index (χ3n) is 2.41. The molecule has 0 aromatic carbocycles. The van der Waals surface area contributed by atoms with E-state index in [-0.39, 0.29) is 0 Å². The first-order valence-electron chi connectivity index (χ1n) is 4.90. The number of hydrogen-bond donors (Lipinski definition) is 2. The van der Waals surface area contributed by atoms with E-state index in [1.54, 1.807) is 12.3 Å². The third-order valence-corrected chi connectivity index (χ3v) is 2.41. The quantitative estimate of drug-likeness (QED) is 0.675.